The Kier molecular flexibility index (Phi) is 2.06. The van der Waals surface area contributed by atoms with E-state index in [1.807, 2.05) is 18.2 Å². The molecular weight excluding hydrogens is 186 g/mol. The zero-order chi connectivity index (χ0) is 9.26. The molecule has 13 heavy (non-hydrogen) atoms. The van der Waals surface area contributed by atoms with Gasteiger partial charge in [-0.2, -0.15) is 4.37 Å². The van der Waals surface area contributed by atoms with Crippen molar-refractivity contribution in [2.45, 2.75) is 0 Å². The van der Waals surface area contributed by atoms with E-state index in [2.05, 4.69) is 4.37 Å². The first-order valence-electron chi connectivity index (χ1n) is 3.82. The highest BCUT2D eigenvalue weighted by Crippen LogP contribution is 2.30. The van der Waals surface area contributed by atoms with Gasteiger partial charge in [0.1, 0.15) is 5.75 Å². The average Bonchev–Trinajstić information content (AvgIpc) is 2.59. The van der Waals surface area contributed by atoms with Gasteiger partial charge in [-0.3, -0.25) is 0 Å². The Morgan fingerprint density at radius 2 is 2.08 bits per heavy atom. The fraction of sp³-hybridized carbons (Fsp3) is 0.222. The van der Waals surface area contributed by atoms with Crippen LogP contribution in [0.4, 0.5) is 0 Å². The van der Waals surface area contributed by atoms with Crippen molar-refractivity contribution in [1.29, 1.82) is 0 Å². The molecule has 0 aliphatic heterocycles. The minimum atomic E-state index is 0.683. The lowest BCUT2D eigenvalue weighted by molar-refractivity contribution is 0.407. The molecule has 2 aromatic rings. The van der Waals surface area contributed by atoms with Crippen LogP contribution in [0.5, 0.6) is 11.6 Å². The summed E-state index contributed by atoms with van der Waals surface area (Å²) < 4.78 is 15.4. The normalized spacial score (nSPS) is 10.3. The number of hydrogen-bond donors (Lipinski definition) is 0. The van der Waals surface area contributed by atoms with Crippen molar-refractivity contribution < 1.29 is 9.47 Å². The number of nitrogens with zero attached hydrogens (tertiary/aromatic N) is 1. The summed E-state index contributed by atoms with van der Waals surface area (Å²) in [5.41, 5.74) is 0. The molecule has 1 heterocycles. The first-order valence-corrected chi connectivity index (χ1v) is 4.60. The number of rotatable bonds is 2. The number of methoxy groups -OCH3 is 2. The van der Waals surface area contributed by atoms with Crippen LogP contribution in [0.2, 0.25) is 0 Å². The molecule has 0 N–H and O–H groups in total. The van der Waals surface area contributed by atoms with Gasteiger partial charge in [0, 0.05) is 0 Å². The SMILES string of the molecule is COc1ccc2c(OC)nsc2c1. The van der Waals surface area contributed by atoms with Crippen molar-refractivity contribution in [2.24, 2.45) is 0 Å². The third-order valence-corrected chi connectivity index (χ3v) is 2.63. The van der Waals surface area contributed by atoms with Crippen molar-refractivity contribution >= 4 is 21.6 Å². The summed E-state index contributed by atoms with van der Waals surface area (Å²) in [5.74, 6) is 1.53. The van der Waals surface area contributed by atoms with Crippen LogP contribution < -0.4 is 9.47 Å². The molecule has 0 aliphatic rings. The molecule has 0 unspecified atom stereocenters. The van der Waals surface area contributed by atoms with Gasteiger partial charge in [0.15, 0.2) is 0 Å². The van der Waals surface area contributed by atoms with Crippen LogP contribution in [-0.2, 0) is 0 Å². The Balaban J connectivity index is 2.61. The smallest absolute Gasteiger partial charge is 0.232 e. The highest BCUT2D eigenvalue weighted by Gasteiger charge is 2.06. The van der Waals surface area contributed by atoms with Gasteiger partial charge in [0.2, 0.25) is 5.88 Å². The molecule has 2 rings (SSSR count). The third-order valence-electron chi connectivity index (χ3n) is 1.84. The van der Waals surface area contributed by atoms with Gasteiger partial charge in [0.25, 0.3) is 0 Å². The Hall–Kier alpha value is -1.29. The molecule has 68 valence electrons. The van der Waals surface area contributed by atoms with Crippen LogP contribution in [-0.4, -0.2) is 18.6 Å². The van der Waals surface area contributed by atoms with Gasteiger partial charge in [-0.05, 0) is 29.7 Å². The first kappa shape index (κ1) is 8.31. The van der Waals surface area contributed by atoms with Crippen LogP contribution in [0.25, 0.3) is 10.1 Å². The highest BCUT2D eigenvalue weighted by atomic mass is 32.1. The van der Waals surface area contributed by atoms with E-state index < -0.39 is 0 Å². The lowest BCUT2D eigenvalue weighted by atomic mass is 10.2. The van der Waals surface area contributed by atoms with Crippen molar-refractivity contribution in [3.63, 3.8) is 0 Å². The predicted molar refractivity (Wildman–Crippen MR) is 52.7 cm³/mol. The van der Waals surface area contributed by atoms with Crippen molar-refractivity contribution in [3.8, 4) is 11.6 Å². The van der Waals surface area contributed by atoms with Crippen molar-refractivity contribution in [2.75, 3.05) is 14.2 Å². The Bertz CT molecular complexity index is 424. The van der Waals surface area contributed by atoms with Crippen molar-refractivity contribution in [1.82, 2.24) is 4.37 Å². The van der Waals surface area contributed by atoms with E-state index in [9.17, 15) is 0 Å². The summed E-state index contributed by atoms with van der Waals surface area (Å²) in [7, 11) is 3.28. The monoisotopic (exact) mass is 195 g/mol. The van der Waals surface area contributed by atoms with E-state index >= 15 is 0 Å². The molecule has 4 heteroatoms. The maximum Gasteiger partial charge on any atom is 0.232 e. The molecule has 0 spiro atoms. The number of aromatic nitrogens is 1. The fourth-order valence-electron chi connectivity index (χ4n) is 1.17. The van der Waals surface area contributed by atoms with Gasteiger partial charge in [-0.1, -0.05) is 0 Å². The second-order valence-electron chi connectivity index (χ2n) is 2.55. The maximum absolute atomic E-state index is 5.10. The summed E-state index contributed by atoms with van der Waals surface area (Å²) >= 11 is 1.41. The van der Waals surface area contributed by atoms with E-state index in [4.69, 9.17) is 9.47 Å². The van der Waals surface area contributed by atoms with E-state index in [0.717, 1.165) is 15.8 Å². The lowest BCUT2D eigenvalue weighted by Gasteiger charge is -1.98. The minimum Gasteiger partial charge on any atom is -0.497 e. The molecule has 0 saturated heterocycles. The van der Waals surface area contributed by atoms with Crippen LogP contribution in [0.3, 0.4) is 0 Å². The van der Waals surface area contributed by atoms with Crippen LogP contribution in [0.15, 0.2) is 18.2 Å². The molecule has 0 fully saturated rings. The topological polar surface area (TPSA) is 31.4 Å². The van der Waals surface area contributed by atoms with Crippen LogP contribution >= 0.6 is 11.5 Å². The fourth-order valence-corrected chi connectivity index (χ4v) is 1.95. The summed E-state index contributed by atoms with van der Waals surface area (Å²) in [5, 5.41) is 1.04. The zero-order valence-electron chi connectivity index (χ0n) is 7.40. The lowest BCUT2D eigenvalue weighted by Crippen LogP contribution is -1.83. The molecule has 0 amide bonds. The Morgan fingerprint density at radius 1 is 1.23 bits per heavy atom. The predicted octanol–water partition coefficient (Wildman–Crippen LogP) is 2.31. The van der Waals surface area contributed by atoms with E-state index in [0.29, 0.717) is 5.88 Å². The molecule has 0 atom stereocenters. The average molecular weight is 195 g/mol. The van der Waals surface area contributed by atoms with E-state index in [1.54, 1.807) is 14.2 Å². The summed E-state index contributed by atoms with van der Waals surface area (Å²) in [4.78, 5) is 0. The van der Waals surface area contributed by atoms with E-state index in [1.165, 1.54) is 11.5 Å². The standard InChI is InChI=1S/C9H9NO2S/c1-11-6-3-4-7-8(5-6)13-10-9(7)12-2/h3-5H,1-2H3. The third kappa shape index (κ3) is 1.33. The second kappa shape index (κ2) is 3.22. The van der Waals surface area contributed by atoms with Gasteiger partial charge in [0.05, 0.1) is 24.3 Å². The summed E-state index contributed by atoms with van der Waals surface area (Å²) in [6, 6.07) is 5.81. The molecular formula is C9H9NO2S. The minimum absolute atomic E-state index is 0.683. The van der Waals surface area contributed by atoms with Gasteiger partial charge in [-0.25, -0.2) is 0 Å². The zero-order valence-corrected chi connectivity index (χ0v) is 8.22. The van der Waals surface area contributed by atoms with Gasteiger partial charge >= 0.3 is 0 Å². The number of hydrogen-bond acceptors (Lipinski definition) is 4. The van der Waals surface area contributed by atoms with Gasteiger partial charge < -0.3 is 9.47 Å². The quantitative estimate of drug-likeness (QED) is 0.736. The number of fused-ring (bicyclic) bond motifs is 1. The second-order valence-corrected chi connectivity index (χ2v) is 3.36. The molecule has 0 radical (unpaired) electrons. The molecule has 1 aromatic heterocycles. The molecule has 0 saturated carbocycles. The Labute approximate surface area is 80.1 Å². The first-order chi connectivity index (χ1) is 6.35. The van der Waals surface area contributed by atoms with Crippen LogP contribution in [0, 0.1) is 0 Å². The van der Waals surface area contributed by atoms with Crippen molar-refractivity contribution in [3.05, 3.63) is 18.2 Å². The molecule has 1 aromatic carbocycles. The highest BCUT2D eigenvalue weighted by molar-refractivity contribution is 7.13. The van der Waals surface area contributed by atoms with Gasteiger partial charge in [-0.15, -0.1) is 0 Å². The molecule has 0 aliphatic carbocycles. The van der Waals surface area contributed by atoms with E-state index in [-0.39, 0.29) is 0 Å². The van der Waals surface area contributed by atoms with Crippen LogP contribution in [0.1, 0.15) is 0 Å². The molecule has 3 nitrogen and oxygen atoms in total. The maximum atomic E-state index is 5.10. The number of benzene rings is 1. The summed E-state index contributed by atoms with van der Waals surface area (Å²) in [6.07, 6.45) is 0. The number of ether oxygens (including phenoxy) is 2. The summed E-state index contributed by atoms with van der Waals surface area (Å²) in [6.45, 7) is 0. The Morgan fingerprint density at radius 3 is 2.77 bits per heavy atom. The molecule has 0 bridgehead atoms. The largest absolute Gasteiger partial charge is 0.497 e.